The third-order valence-corrected chi connectivity index (χ3v) is 8.40. The van der Waals surface area contributed by atoms with Gasteiger partial charge in [0.1, 0.15) is 31.0 Å². The number of carbonyl (C=O) groups is 2. The second-order valence-electron chi connectivity index (χ2n) is 12.7. The van der Waals surface area contributed by atoms with Gasteiger partial charge in [0.2, 0.25) is 0 Å². The number of allylic oxidation sites excluding steroid dienone is 2. The summed E-state index contributed by atoms with van der Waals surface area (Å²) in [4.78, 5) is 24.9. The molecular formula is C36H66O10. The zero-order valence-electron chi connectivity index (χ0n) is 28.8. The van der Waals surface area contributed by atoms with Crippen molar-refractivity contribution in [1.82, 2.24) is 0 Å². The fourth-order valence-electron chi connectivity index (χ4n) is 5.42. The van der Waals surface area contributed by atoms with Crippen LogP contribution in [0.25, 0.3) is 0 Å². The predicted octanol–water partition coefficient (Wildman–Crippen LogP) is 6.05. The minimum absolute atomic E-state index is 0.219. The molecule has 0 spiro atoms. The Kier molecular flexibility index (Phi) is 26.3. The van der Waals surface area contributed by atoms with E-state index >= 15 is 0 Å². The number of rotatable bonds is 29. The van der Waals surface area contributed by atoms with Crippen LogP contribution in [0.2, 0.25) is 0 Å². The molecule has 1 rings (SSSR count). The highest BCUT2D eigenvalue weighted by Gasteiger charge is 2.44. The fourth-order valence-corrected chi connectivity index (χ4v) is 5.42. The van der Waals surface area contributed by atoms with Gasteiger partial charge in [0, 0.05) is 12.8 Å². The van der Waals surface area contributed by atoms with E-state index in [2.05, 4.69) is 26.0 Å². The lowest BCUT2D eigenvalue weighted by atomic mass is 9.99. The van der Waals surface area contributed by atoms with Crippen LogP contribution < -0.4 is 0 Å². The van der Waals surface area contributed by atoms with Gasteiger partial charge < -0.3 is 39.4 Å². The van der Waals surface area contributed by atoms with Crippen LogP contribution in [0.1, 0.15) is 149 Å². The summed E-state index contributed by atoms with van der Waals surface area (Å²) in [6, 6.07) is 0. The average Bonchev–Trinajstić information content (AvgIpc) is 3.05. The molecule has 270 valence electrons. The molecule has 6 atom stereocenters. The second-order valence-corrected chi connectivity index (χ2v) is 12.7. The standard InChI is InChI=1S/C36H66O10/c1-3-5-7-9-10-11-12-13-14-15-16-17-18-19-21-23-25-32(39)45-29(27-43-31(38)24-22-20-8-6-4-2)28-44-36-35(42)34(41)33(40)30(26-37)46-36/h14-15,29-30,33-37,40-42H,3-13,16-28H2,1-2H3/b15-14-. The number of carbonyl (C=O) groups excluding carboxylic acids is 2. The van der Waals surface area contributed by atoms with Gasteiger partial charge in [-0.2, -0.15) is 0 Å². The highest BCUT2D eigenvalue weighted by atomic mass is 16.7. The van der Waals surface area contributed by atoms with Gasteiger partial charge in [-0.25, -0.2) is 0 Å². The first kappa shape index (κ1) is 42.5. The molecule has 1 saturated heterocycles. The van der Waals surface area contributed by atoms with Crippen molar-refractivity contribution in [3.63, 3.8) is 0 Å². The van der Waals surface area contributed by atoms with Gasteiger partial charge >= 0.3 is 11.9 Å². The van der Waals surface area contributed by atoms with E-state index in [0.717, 1.165) is 64.2 Å². The maximum Gasteiger partial charge on any atom is 0.306 e. The summed E-state index contributed by atoms with van der Waals surface area (Å²) in [5.41, 5.74) is 0. The third kappa shape index (κ3) is 20.6. The first-order valence-electron chi connectivity index (χ1n) is 18.3. The second kappa shape index (κ2) is 28.5. The molecule has 1 aliphatic heterocycles. The summed E-state index contributed by atoms with van der Waals surface area (Å²) in [5, 5.41) is 39.7. The quantitative estimate of drug-likeness (QED) is 0.0425. The zero-order chi connectivity index (χ0) is 33.8. The number of hydrogen-bond donors (Lipinski definition) is 4. The summed E-state index contributed by atoms with van der Waals surface area (Å²) in [6.07, 6.45) is 18.4. The van der Waals surface area contributed by atoms with Gasteiger partial charge in [0.25, 0.3) is 0 Å². The Hall–Kier alpha value is -1.56. The number of esters is 2. The van der Waals surface area contributed by atoms with Gasteiger partial charge in [-0.3, -0.25) is 9.59 Å². The molecule has 0 radical (unpaired) electrons. The molecule has 10 nitrogen and oxygen atoms in total. The van der Waals surface area contributed by atoms with Crippen LogP contribution >= 0.6 is 0 Å². The van der Waals surface area contributed by atoms with Crippen LogP contribution in [0.4, 0.5) is 0 Å². The topological polar surface area (TPSA) is 152 Å². The van der Waals surface area contributed by atoms with Crippen molar-refractivity contribution >= 4 is 11.9 Å². The third-order valence-electron chi connectivity index (χ3n) is 8.40. The molecular weight excluding hydrogens is 592 g/mol. The monoisotopic (exact) mass is 658 g/mol. The minimum Gasteiger partial charge on any atom is -0.462 e. The lowest BCUT2D eigenvalue weighted by molar-refractivity contribution is -0.305. The van der Waals surface area contributed by atoms with Gasteiger partial charge in [-0.05, 0) is 38.5 Å². The van der Waals surface area contributed by atoms with Crippen molar-refractivity contribution < 1.29 is 49.0 Å². The Balaban J connectivity index is 2.35. The maximum atomic E-state index is 12.6. The van der Waals surface area contributed by atoms with Crippen molar-refractivity contribution in [2.75, 3.05) is 19.8 Å². The molecule has 1 heterocycles. The number of aliphatic hydroxyl groups is 4. The molecule has 6 unspecified atom stereocenters. The highest BCUT2D eigenvalue weighted by molar-refractivity contribution is 5.70. The Bertz CT molecular complexity index is 774. The first-order chi connectivity index (χ1) is 22.3. The van der Waals surface area contributed by atoms with Crippen LogP contribution in [-0.2, 0) is 28.5 Å². The molecule has 0 saturated carbocycles. The number of aliphatic hydroxyl groups excluding tert-OH is 4. The molecule has 4 N–H and O–H groups in total. The van der Waals surface area contributed by atoms with Crippen LogP contribution in [0.15, 0.2) is 12.2 Å². The lowest BCUT2D eigenvalue weighted by Crippen LogP contribution is -2.59. The normalized spacial score (nSPS) is 22.3. The predicted molar refractivity (Wildman–Crippen MR) is 178 cm³/mol. The Labute approximate surface area is 278 Å². The molecule has 10 heteroatoms. The fraction of sp³-hybridized carbons (Fsp3) is 0.889. The van der Waals surface area contributed by atoms with E-state index in [1.165, 1.54) is 51.4 Å². The number of hydrogen-bond acceptors (Lipinski definition) is 10. The molecule has 0 aromatic carbocycles. The van der Waals surface area contributed by atoms with Gasteiger partial charge in [-0.15, -0.1) is 0 Å². The summed E-state index contributed by atoms with van der Waals surface area (Å²) in [7, 11) is 0. The molecule has 1 aliphatic rings. The van der Waals surface area contributed by atoms with Crippen LogP contribution in [0.3, 0.4) is 0 Å². The van der Waals surface area contributed by atoms with Crippen molar-refractivity contribution in [2.45, 2.75) is 185 Å². The Morgan fingerprint density at radius 3 is 1.70 bits per heavy atom. The molecule has 46 heavy (non-hydrogen) atoms. The first-order valence-corrected chi connectivity index (χ1v) is 18.3. The van der Waals surface area contributed by atoms with Crippen LogP contribution in [0.5, 0.6) is 0 Å². The smallest absolute Gasteiger partial charge is 0.306 e. The van der Waals surface area contributed by atoms with E-state index in [9.17, 15) is 30.0 Å². The van der Waals surface area contributed by atoms with Crippen molar-refractivity contribution in [1.29, 1.82) is 0 Å². The molecule has 0 amide bonds. The highest BCUT2D eigenvalue weighted by Crippen LogP contribution is 2.22. The average molecular weight is 659 g/mol. The zero-order valence-corrected chi connectivity index (χ0v) is 28.8. The maximum absolute atomic E-state index is 12.6. The summed E-state index contributed by atoms with van der Waals surface area (Å²) < 4.78 is 21.9. The summed E-state index contributed by atoms with van der Waals surface area (Å²) in [6.45, 7) is 3.29. The molecule has 1 fully saturated rings. The largest absolute Gasteiger partial charge is 0.462 e. The van der Waals surface area contributed by atoms with E-state index < -0.39 is 55.4 Å². The lowest BCUT2D eigenvalue weighted by Gasteiger charge is -2.39. The Morgan fingerprint density at radius 2 is 1.15 bits per heavy atom. The van der Waals surface area contributed by atoms with E-state index in [1.54, 1.807) is 0 Å². The number of unbranched alkanes of at least 4 members (excludes halogenated alkanes) is 16. The van der Waals surface area contributed by atoms with Crippen molar-refractivity contribution in [3.8, 4) is 0 Å². The molecule has 0 bridgehead atoms. The molecule has 0 aliphatic carbocycles. The minimum atomic E-state index is -1.59. The van der Waals surface area contributed by atoms with E-state index in [4.69, 9.17) is 18.9 Å². The van der Waals surface area contributed by atoms with Gasteiger partial charge in [-0.1, -0.05) is 109 Å². The Morgan fingerprint density at radius 1 is 0.652 bits per heavy atom. The number of ether oxygens (including phenoxy) is 4. The SMILES string of the molecule is CCCCCCCCC/C=C\CCCCCCCC(=O)OC(COC(=O)CCCCCCC)COC1OC(CO)C(O)C(O)C1O. The molecule has 0 aromatic rings. The van der Waals surface area contributed by atoms with E-state index in [0.29, 0.717) is 6.42 Å². The summed E-state index contributed by atoms with van der Waals surface area (Å²) in [5.74, 6) is -0.829. The van der Waals surface area contributed by atoms with E-state index in [1.807, 2.05) is 0 Å². The van der Waals surface area contributed by atoms with Gasteiger partial charge in [0.05, 0.1) is 13.2 Å². The van der Waals surface area contributed by atoms with Crippen LogP contribution in [-0.4, -0.2) is 89.0 Å². The van der Waals surface area contributed by atoms with Gasteiger partial charge in [0.15, 0.2) is 12.4 Å². The molecule has 0 aromatic heterocycles. The van der Waals surface area contributed by atoms with Crippen molar-refractivity contribution in [3.05, 3.63) is 12.2 Å². The van der Waals surface area contributed by atoms with Crippen molar-refractivity contribution in [2.24, 2.45) is 0 Å². The van der Waals surface area contributed by atoms with E-state index in [-0.39, 0.29) is 26.1 Å². The summed E-state index contributed by atoms with van der Waals surface area (Å²) >= 11 is 0. The van der Waals surface area contributed by atoms with Crippen LogP contribution in [0, 0.1) is 0 Å².